The number of para-hydroxylation sites is 2. The summed E-state index contributed by atoms with van der Waals surface area (Å²) in [5.41, 5.74) is 1.17. The first-order valence-electron chi connectivity index (χ1n) is 9.45. The highest BCUT2D eigenvalue weighted by atomic mass is 32.2. The number of halogens is 1. The average molecular weight is 448 g/mol. The van der Waals surface area contributed by atoms with Gasteiger partial charge in [-0.3, -0.25) is 9.52 Å². The zero-order chi connectivity index (χ0) is 21.7. The van der Waals surface area contributed by atoms with Crippen molar-refractivity contribution < 1.29 is 17.6 Å². The summed E-state index contributed by atoms with van der Waals surface area (Å²) in [6, 6.07) is 11.0. The highest BCUT2D eigenvalue weighted by Crippen LogP contribution is 2.27. The molecule has 0 aliphatic rings. The highest BCUT2D eigenvalue weighted by Gasteiger charge is 2.19. The SMILES string of the molecule is CCCCc1nc(C)c(C(=O)Nc2ccccc2NS(=O)(=O)c2ccc(F)cc2)s1. The van der Waals surface area contributed by atoms with Crippen LogP contribution >= 0.6 is 11.3 Å². The summed E-state index contributed by atoms with van der Waals surface area (Å²) in [5.74, 6) is -0.874. The molecule has 0 bridgehead atoms. The van der Waals surface area contributed by atoms with Crippen molar-refractivity contribution in [1.29, 1.82) is 0 Å². The van der Waals surface area contributed by atoms with Gasteiger partial charge in [-0.25, -0.2) is 17.8 Å². The molecule has 3 rings (SSSR count). The molecule has 0 saturated carbocycles. The molecule has 0 aliphatic carbocycles. The second-order valence-corrected chi connectivity index (χ2v) is 9.45. The van der Waals surface area contributed by atoms with Crippen LogP contribution in [0.1, 0.15) is 40.1 Å². The van der Waals surface area contributed by atoms with Gasteiger partial charge in [-0.2, -0.15) is 0 Å². The molecule has 0 radical (unpaired) electrons. The van der Waals surface area contributed by atoms with Gasteiger partial charge in [0.1, 0.15) is 10.7 Å². The second kappa shape index (κ2) is 9.36. The first-order valence-corrected chi connectivity index (χ1v) is 11.7. The maximum atomic E-state index is 13.1. The number of thiazole rings is 1. The smallest absolute Gasteiger partial charge is 0.267 e. The van der Waals surface area contributed by atoms with E-state index in [-0.39, 0.29) is 16.5 Å². The molecule has 2 N–H and O–H groups in total. The van der Waals surface area contributed by atoms with Crippen LogP contribution < -0.4 is 10.0 Å². The molecule has 6 nitrogen and oxygen atoms in total. The third-order valence-corrected chi connectivity index (χ3v) is 6.93. The average Bonchev–Trinajstić information content (AvgIpc) is 3.08. The Balaban J connectivity index is 1.81. The first kappa shape index (κ1) is 21.9. The van der Waals surface area contributed by atoms with Crippen molar-refractivity contribution in [3.8, 4) is 0 Å². The topological polar surface area (TPSA) is 88.2 Å². The van der Waals surface area contributed by atoms with Crippen molar-refractivity contribution in [3.63, 3.8) is 0 Å². The summed E-state index contributed by atoms with van der Waals surface area (Å²) in [6.07, 6.45) is 2.87. The van der Waals surface area contributed by atoms with Gasteiger partial charge in [0.15, 0.2) is 0 Å². The number of amides is 1. The van der Waals surface area contributed by atoms with E-state index in [9.17, 15) is 17.6 Å². The molecule has 30 heavy (non-hydrogen) atoms. The molecule has 0 fully saturated rings. The minimum Gasteiger partial charge on any atom is -0.319 e. The Bertz CT molecular complexity index is 1140. The maximum Gasteiger partial charge on any atom is 0.267 e. The number of anilines is 2. The van der Waals surface area contributed by atoms with Gasteiger partial charge in [-0.15, -0.1) is 11.3 Å². The molecule has 0 aliphatic heterocycles. The summed E-state index contributed by atoms with van der Waals surface area (Å²) < 4.78 is 40.8. The molecule has 9 heteroatoms. The van der Waals surface area contributed by atoms with Crippen molar-refractivity contribution in [2.75, 3.05) is 10.0 Å². The number of sulfonamides is 1. The van der Waals surface area contributed by atoms with Crippen LogP contribution in [0.2, 0.25) is 0 Å². The van der Waals surface area contributed by atoms with Gasteiger partial charge in [0.05, 0.1) is 27.0 Å². The Morgan fingerprint density at radius 3 is 2.43 bits per heavy atom. The Labute approximate surface area is 179 Å². The molecule has 2 aromatic carbocycles. The second-order valence-electron chi connectivity index (χ2n) is 6.68. The number of hydrogen-bond acceptors (Lipinski definition) is 5. The molecule has 0 atom stereocenters. The molecule has 0 saturated heterocycles. The van der Waals surface area contributed by atoms with Crippen molar-refractivity contribution in [2.24, 2.45) is 0 Å². The standard InChI is InChI=1S/C21H22FN3O3S2/c1-3-4-9-19-23-14(2)20(29-19)21(26)24-17-7-5-6-8-18(17)25-30(27,28)16-12-10-15(22)11-13-16/h5-8,10-13,25H,3-4,9H2,1-2H3,(H,24,26). The number of nitrogens with one attached hydrogen (secondary N) is 2. The molecule has 0 unspecified atom stereocenters. The number of hydrogen-bond donors (Lipinski definition) is 2. The van der Waals surface area contributed by atoms with Crippen LogP contribution in [-0.2, 0) is 16.4 Å². The highest BCUT2D eigenvalue weighted by molar-refractivity contribution is 7.92. The van der Waals surface area contributed by atoms with Crippen molar-refractivity contribution >= 4 is 38.6 Å². The monoisotopic (exact) mass is 447 g/mol. The van der Waals surface area contributed by atoms with Crippen LogP contribution in [0, 0.1) is 12.7 Å². The lowest BCUT2D eigenvalue weighted by atomic mass is 10.2. The largest absolute Gasteiger partial charge is 0.319 e. The van der Waals surface area contributed by atoms with Gasteiger partial charge >= 0.3 is 0 Å². The summed E-state index contributed by atoms with van der Waals surface area (Å²) >= 11 is 1.35. The number of unbranched alkanes of at least 4 members (excludes halogenated alkanes) is 1. The predicted molar refractivity (Wildman–Crippen MR) is 117 cm³/mol. The summed E-state index contributed by atoms with van der Waals surface area (Å²) in [4.78, 5) is 17.7. The predicted octanol–water partition coefficient (Wildman–Crippen LogP) is 4.99. The van der Waals surface area contributed by atoms with Gasteiger partial charge < -0.3 is 5.32 Å². The van der Waals surface area contributed by atoms with Crippen LogP contribution in [0.3, 0.4) is 0 Å². The number of aryl methyl sites for hydroxylation is 2. The molecule has 1 amide bonds. The Morgan fingerprint density at radius 2 is 1.77 bits per heavy atom. The van der Waals surface area contributed by atoms with E-state index in [1.165, 1.54) is 23.5 Å². The molecular weight excluding hydrogens is 425 g/mol. The number of aromatic nitrogens is 1. The Kier molecular flexibility index (Phi) is 6.84. The zero-order valence-electron chi connectivity index (χ0n) is 16.6. The van der Waals surface area contributed by atoms with Crippen LogP contribution in [0.25, 0.3) is 0 Å². The minimum atomic E-state index is -3.95. The Hall–Kier alpha value is -2.78. The van der Waals surface area contributed by atoms with E-state index < -0.39 is 15.8 Å². The maximum absolute atomic E-state index is 13.1. The van der Waals surface area contributed by atoms with E-state index in [4.69, 9.17) is 0 Å². The molecule has 0 spiro atoms. The molecule has 1 aromatic heterocycles. The van der Waals surface area contributed by atoms with E-state index in [2.05, 4.69) is 21.9 Å². The lowest BCUT2D eigenvalue weighted by Gasteiger charge is -2.13. The van der Waals surface area contributed by atoms with E-state index >= 15 is 0 Å². The summed E-state index contributed by atoms with van der Waals surface area (Å²) in [7, 11) is -3.95. The van der Waals surface area contributed by atoms with Crippen LogP contribution in [0.5, 0.6) is 0 Å². The van der Waals surface area contributed by atoms with Crippen LogP contribution in [0.15, 0.2) is 53.4 Å². The molecule has 1 heterocycles. The molecule has 158 valence electrons. The van der Waals surface area contributed by atoms with Gasteiger partial charge in [0.2, 0.25) is 0 Å². The molecule has 3 aromatic rings. The van der Waals surface area contributed by atoms with Crippen molar-refractivity contribution in [2.45, 2.75) is 38.0 Å². The zero-order valence-corrected chi connectivity index (χ0v) is 18.2. The van der Waals surface area contributed by atoms with E-state index in [1.54, 1.807) is 31.2 Å². The quantitative estimate of drug-likeness (QED) is 0.509. The van der Waals surface area contributed by atoms with Gasteiger partial charge in [0.25, 0.3) is 15.9 Å². The van der Waals surface area contributed by atoms with Crippen molar-refractivity contribution in [3.05, 3.63) is 69.9 Å². The van der Waals surface area contributed by atoms with E-state index in [1.807, 2.05) is 0 Å². The van der Waals surface area contributed by atoms with Gasteiger partial charge in [0, 0.05) is 0 Å². The fourth-order valence-corrected chi connectivity index (χ4v) is 4.86. The minimum absolute atomic E-state index is 0.0797. The molecular formula is C21H22FN3O3S2. The number of benzene rings is 2. The number of nitrogens with zero attached hydrogens (tertiary/aromatic N) is 1. The fraction of sp³-hybridized carbons (Fsp3) is 0.238. The lowest BCUT2D eigenvalue weighted by Crippen LogP contribution is -2.17. The third-order valence-electron chi connectivity index (χ3n) is 4.33. The summed E-state index contributed by atoms with van der Waals surface area (Å²) in [5, 5.41) is 3.67. The lowest BCUT2D eigenvalue weighted by molar-refractivity contribution is 0.103. The van der Waals surface area contributed by atoms with Gasteiger partial charge in [-0.05, 0) is 56.2 Å². The van der Waals surface area contributed by atoms with Crippen molar-refractivity contribution in [1.82, 2.24) is 4.98 Å². The summed E-state index contributed by atoms with van der Waals surface area (Å²) in [6.45, 7) is 3.88. The fourth-order valence-electron chi connectivity index (χ4n) is 2.78. The number of rotatable bonds is 8. The van der Waals surface area contributed by atoms with E-state index in [0.29, 0.717) is 16.3 Å². The number of carbonyl (C=O) groups is 1. The van der Waals surface area contributed by atoms with Crippen LogP contribution in [0.4, 0.5) is 15.8 Å². The Morgan fingerprint density at radius 1 is 1.10 bits per heavy atom. The normalized spacial score (nSPS) is 11.3. The van der Waals surface area contributed by atoms with Gasteiger partial charge in [-0.1, -0.05) is 25.5 Å². The van der Waals surface area contributed by atoms with Crippen LogP contribution in [-0.4, -0.2) is 19.3 Å². The third kappa shape index (κ3) is 5.22. The first-order chi connectivity index (χ1) is 14.3. The van der Waals surface area contributed by atoms with E-state index in [0.717, 1.165) is 36.4 Å². The number of carbonyl (C=O) groups excluding carboxylic acids is 1.